The smallest absolute Gasteiger partial charge is 0.232 e. The Kier molecular flexibility index (Phi) is 4.17. The van der Waals surface area contributed by atoms with E-state index in [0.717, 1.165) is 5.69 Å². The zero-order valence-corrected chi connectivity index (χ0v) is 11.5. The molecule has 1 saturated heterocycles. The van der Waals surface area contributed by atoms with Gasteiger partial charge in [-0.1, -0.05) is 6.07 Å². The molecular weight excluding hydrogens is 242 g/mol. The maximum Gasteiger partial charge on any atom is 0.232 e. The number of hydrogen-bond donors (Lipinski definition) is 1. The van der Waals surface area contributed by atoms with Crippen molar-refractivity contribution in [2.45, 2.75) is 26.4 Å². The highest BCUT2D eigenvalue weighted by atomic mass is 16.5. The fraction of sp³-hybridized carbons (Fsp3) is 0.571. The minimum absolute atomic E-state index is 0.0469. The molecule has 2 rings (SSSR count). The molecule has 5 heteroatoms. The number of nitrogens with zero attached hydrogens (tertiary/aromatic N) is 2. The lowest BCUT2D eigenvalue weighted by atomic mass is 9.84. The van der Waals surface area contributed by atoms with E-state index in [2.05, 4.69) is 4.98 Å². The lowest BCUT2D eigenvalue weighted by molar-refractivity contribution is -0.142. The summed E-state index contributed by atoms with van der Waals surface area (Å²) in [5.74, 6) is 0.0469. The molecule has 0 saturated carbocycles. The second-order valence-corrected chi connectivity index (χ2v) is 5.18. The molecule has 1 aliphatic heterocycles. The highest BCUT2D eigenvalue weighted by molar-refractivity contribution is 5.83. The van der Waals surface area contributed by atoms with E-state index in [4.69, 9.17) is 10.5 Å². The predicted molar refractivity (Wildman–Crippen MR) is 72.2 cm³/mol. The maximum atomic E-state index is 12.7. The zero-order valence-electron chi connectivity index (χ0n) is 11.5. The Hall–Kier alpha value is -1.46. The minimum atomic E-state index is -0.620. The molecule has 0 bridgehead atoms. The first-order valence-corrected chi connectivity index (χ1v) is 6.60. The topological polar surface area (TPSA) is 68.5 Å². The van der Waals surface area contributed by atoms with Crippen LogP contribution in [-0.2, 0) is 16.1 Å². The average molecular weight is 263 g/mol. The molecule has 1 fully saturated rings. The van der Waals surface area contributed by atoms with Gasteiger partial charge in [-0.3, -0.25) is 9.78 Å². The van der Waals surface area contributed by atoms with Gasteiger partial charge in [0.05, 0.1) is 30.9 Å². The zero-order chi connectivity index (χ0) is 13.9. The molecule has 1 aliphatic rings. The maximum absolute atomic E-state index is 12.7. The molecule has 1 aromatic heterocycles. The van der Waals surface area contributed by atoms with Crippen LogP contribution >= 0.6 is 0 Å². The van der Waals surface area contributed by atoms with E-state index in [-0.39, 0.29) is 11.9 Å². The van der Waals surface area contributed by atoms with Gasteiger partial charge in [0.1, 0.15) is 0 Å². The van der Waals surface area contributed by atoms with Gasteiger partial charge in [0.2, 0.25) is 5.91 Å². The summed E-state index contributed by atoms with van der Waals surface area (Å²) in [6.07, 6.45) is 1.74. The number of carbonyl (C=O) groups excluding carboxylic acids is 1. The van der Waals surface area contributed by atoms with Crippen molar-refractivity contribution in [3.63, 3.8) is 0 Å². The molecule has 2 heterocycles. The SMILES string of the molecule is CCN(Cc1ccccn1)C(=O)C1(C)COCC1N. The molecule has 1 aromatic rings. The highest BCUT2D eigenvalue weighted by Crippen LogP contribution is 2.29. The second kappa shape index (κ2) is 5.67. The molecule has 0 aromatic carbocycles. The molecule has 0 radical (unpaired) electrons. The van der Waals surface area contributed by atoms with Crippen LogP contribution in [0.4, 0.5) is 0 Å². The van der Waals surface area contributed by atoms with Gasteiger partial charge in [0.15, 0.2) is 0 Å². The summed E-state index contributed by atoms with van der Waals surface area (Å²) in [4.78, 5) is 18.7. The van der Waals surface area contributed by atoms with Crippen molar-refractivity contribution in [3.8, 4) is 0 Å². The van der Waals surface area contributed by atoms with E-state index in [1.54, 1.807) is 11.1 Å². The van der Waals surface area contributed by atoms with Crippen LogP contribution in [0.25, 0.3) is 0 Å². The van der Waals surface area contributed by atoms with E-state index < -0.39 is 5.41 Å². The molecule has 2 unspecified atom stereocenters. The van der Waals surface area contributed by atoms with Gasteiger partial charge in [-0.25, -0.2) is 0 Å². The molecular formula is C14H21N3O2. The summed E-state index contributed by atoms with van der Waals surface area (Å²) in [7, 11) is 0. The summed E-state index contributed by atoms with van der Waals surface area (Å²) in [6.45, 7) is 5.84. The van der Waals surface area contributed by atoms with E-state index in [0.29, 0.717) is 26.3 Å². The predicted octanol–water partition coefficient (Wildman–Crippen LogP) is 0.794. The third kappa shape index (κ3) is 2.77. The number of rotatable bonds is 4. The molecule has 0 aliphatic carbocycles. The van der Waals surface area contributed by atoms with Crippen molar-refractivity contribution in [2.75, 3.05) is 19.8 Å². The Morgan fingerprint density at radius 1 is 1.63 bits per heavy atom. The normalized spacial score (nSPS) is 26.4. The first kappa shape index (κ1) is 14.0. The Morgan fingerprint density at radius 3 is 2.95 bits per heavy atom. The third-order valence-corrected chi connectivity index (χ3v) is 3.75. The minimum Gasteiger partial charge on any atom is -0.379 e. The summed E-state index contributed by atoms with van der Waals surface area (Å²) < 4.78 is 5.35. The van der Waals surface area contributed by atoms with Gasteiger partial charge in [-0.15, -0.1) is 0 Å². The van der Waals surface area contributed by atoms with Gasteiger partial charge in [0, 0.05) is 18.8 Å². The van der Waals surface area contributed by atoms with Crippen LogP contribution in [0, 0.1) is 5.41 Å². The second-order valence-electron chi connectivity index (χ2n) is 5.18. The summed E-state index contributed by atoms with van der Waals surface area (Å²) in [6, 6.07) is 5.47. The van der Waals surface area contributed by atoms with Crippen LogP contribution in [0.5, 0.6) is 0 Å². The van der Waals surface area contributed by atoms with E-state index in [1.807, 2.05) is 32.0 Å². The van der Waals surface area contributed by atoms with E-state index >= 15 is 0 Å². The highest BCUT2D eigenvalue weighted by Gasteiger charge is 2.46. The molecule has 19 heavy (non-hydrogen) atoms. The van der Waals surface area contributed by atoms with Crippen molar-refractivity contribution < 1.29 is 9.53 Å². The van der Waals surface area contributed by atoms with Gasteiger partial charge >= 0.3 is 0 Å². The number of amides is 1. The Morgan fingerprint density at radius 2 is 2.42 bits per heavy atom. The average Bonchev–Trinajstić information content (AvgIpc) is 2.77. The summed E-state index contributed by atoms with van der Waals surface area (Å²) in [5.41, 5.74) is 6.27. The van der Waals surface area contributed by atoms with Gasteiger partial charge < -0.3 is 15.4 Å². The van der Waals surface area contributed by atoms with Crippen molar-refractivity contribution in [1.29, 1.82) is 0 Å². The molecule has 104 valence electrons. The van der Waals surface area contributed by atoms with Crippen molar-refractivity contribution in [1.82, 2.24) is 9.88 Å². The van der Waals surface area contributed by atoms with Crippen LogP contribution in [0.15, 0.2) is 24.4 Å². The number of ether oxygens (including phenoxy) is 1. The Balaban J connectivity index is 2.11. The van der Waals surface area contributed by atoms with E-state index in [9.17, 15) is 4.79 Å². The molecule has 1 amide bonds. The summed E-state index contributed by atoms with van der Waals surface area (Å²) in [5, 5.41) is 0. The molecule has 2 N–H and O–H groups in total. The number of nitrogens with two attached hydrogens (primary N) is 1. The lowest BCUT2D eigenvalue weighted by Gasteiger charge is -2.32. The van der Waals surface area contributed by atoms with Gasteiger partial charge in [-0.05, 0) is 26.0 Å². The van der Waals surface area contributed by atoms with Crippen molar-refractivity contribution >= 4 is 5.91 Å². The molecule has 0 spiro atoms. The Bertz CT molecular complexity index is 438. The summed E-state index contributed by atoms with van der Waals surface area (Å²) >= 11 is 0. The third-order valence-electron chi connectivity index (χ3n) is 3.75. The van der Waals surface area contributed by atoms with E-state index in [1.165, 1.54) is 0 Å². The number of hydrogen-bond acceptors (Lipinski definition) is 4. The molecule has 5 nitrogen and oxygen atoms in total. The van der Waals surface area contributed by atoms with Crippen LogP contribution in [-0.4, -0.2) is 41.6 Å². The van der Waals surface area contributed by atoms with Gasteiger partial charge in [-0.2, -0.15) is 0 Å². The van der Waals surface area contributed by atoms with Crippen LogP contribution < -0.4 is 5.73 Å². The number of aromatic nitrogens is 1. The first-order valence-electron chi connectivity index (χ1n) is 6.60. The number of pyridine rings is 1. The Labute approximate surface area is 113 Å². The molecule has 2 atom stereocenters. The standard InChI is InChI=1S/C14H21N3O2/c1-3-17(8-11-6-4-5-7-16-11)13(18)14(2)10-19-9-12(14)15/h4-7,12H,3,8-10,15H2,1-2H3. The van der Waals surface area contributed by atoms with Gasteiger partial charge in [0.25, 0.3) is 0 Å². The van der Waals surface area contributed by atoms with Crippen LogP contribution in [0.3, 0.4) is 0 Å². The van der Waals surface area contributed by atoms with Crippen molar-refractivity contribution in [3.05, 3.63) is 30.1 Å². The van der Waals surface area contributed by atoms with Crippen LogP contribution in [0.1, 0.15) is 19.5 Å². The monoisotopic (exact) mass is 263 g/mol. The fourth-order valence-electron chi connectivity index (χ4n) is 2.28. The number of carbonyl (C=O) groups is 1. The lowest BCUT2D eigenvalue weighted by Crippen LogP contribution is -2.51. The fourth-order valence-corrected chi connectivity index (χ4v) is 2.28. The van der Waals surface area contributed by atoms with Crippen molar-refractivity contribution in [2.24, 2.45) is 11.1 Å². The largest absolute Gasteiger partial charge is 0.379 e. The van der Waals surface area contributed by atoms with Crippen LogP contribution in [0.2, 0.25) is 0 Å². The quantitative estimate of drug-likeness (QED) is 0.872. The first-order chi connectivity index (χ1) is 9.08.